The van der Waals surface area contributed by atoms with Crippen LogP contribution in [0, 0.1) is 5.41 Å². The smallest absolute Gasteiger partial charge is 0.276 e. The van der Waals surface area contributed by atoms with Crippen molar-refractivity contribution in [3.63, 3.8) is 0 Å². The maximum absolute atomic E-state index is 13.2. The van der Waals surface area contributed by atoms with Crippen LogP contribution < -0.4 is 10.9 Å². The van der Waals surface area contributed by atoms with Gasteiger partial charge in [-0.2, -0.15) is 10.2 Å². The summed E-state index contributed by atoms with van der Waals surface area (Å²) in [5.74, 6) is -0.268. The summed E-state index contributed by atoms with van der Waals surface area (Å²) in [5.41, 5.74) is 3.28. The Balaban J connectivity index is 1.28. The second kappa shape index (κ2) is 8.18. The molecule has 2 aromatic heterocycles. The number of H-pyrrole nitrogens is 1. The Bertz CT molecular complexity index is 1630. The summed E-state index contributed by atoms with van der Waals surface area (Å²) >= 11 is 0. The molecule has 0 radical (unpaired) electrons. The number of carbonyl (C=O) groups is 1. The van der Waals surface area contributed by atoms with Gasteiger partial charge in [0, 0.05) is 27.4 Å². The van der Waals surface area contributed by atoms with Gasteiger partial charge >= 0.3 is 0 Å². The minimum absolute atomic E-state index is 0.0261. The van der Waals surface area contributed by atoms with Gasteiger partial charge in [0.25, 0.3) is 11.5 Å². The van der Waals surface area contributed by atoms with Gasteiger partial charge in [-0.1, -0.05) is 55.5 Å². The largest absolute Gasteiger partial charge is 0.380 e. The summed E-state index contributed by atoms with van der Waals surface area (Å²) in [6, 6.07) is 22.5. The van der Waals surface area contributed by atoms with Crippen molar-refractivity contribution in [1.29, 1.82) is 0 Å². The molecule has 1 fully saturated rings. The van der Waals surface area contributed by atoms with Gasteiger partial charge in [-0.15, -0.1) is 0 Å². The van der Waals surface area contributed by atoms with Gasteiger partial charge in [-0.3, -0.25) is 14.3 Å². The first kappa shape index (κ1) is 21.2. The summed E-state index contributed by atoms with van der Waals surface area (Å²) in [7, 11) is 0. The quantitative estimate of drug-likeness (QED) is 0.405. The molecule has 8 nitrogen and oxygen atoms in total. The number of nitrogens with zero attached hydrogens (tertiary/aromatic N) is 3. The Labute approximate surface area is 200 Å². The van der Waals surface area contributed by atoms with E-state index in [9.17, 15) is 9.59 Å². The molecule has 0 spiro atoms. The fourth-order valence-electron chi connectivity index (χ4n) is 4.56. The van der Waals surface area contributed by atoms with E-state index >= 15 is 0 Å². The lowest BCUT2D eigenvalue weighted by molar-refractivity contribution is -0.111. The molecule has 1 saturated heterocycles. The van der Waals surface area contributed by atoms with Crippen molar-refractivity contribution in [3.8, 4) is 11.3 Å². The molecule has 35 heavy (non-hydrogen) atoms. The number of nitrogens with one attached hydrogen (secondary N) is 2. The molecule has 8 heteroatoms. The highest BCUT2D eigenvalue weighted by atomic mass is 16.5. The fourth-order valence-corrected chi connectivity index (χ4v) is 4.56. The lowest BCUT2D eigenvalue weighted by Crippen LogP contribution is -2.43. The van der Waals surface area contributed by atoms with E-state index in [4.69, 9.17) is 4.74 Å². The van der Waals surface area contributed by atoms with Crippen LogP contribution in [0.4, 0.5) is 5.69 Å². The van der Waals surface area contributed by atoms with Gasteiger partial charge in [0.2, 0.25) is 0 Å². The van der Waals surface area contributed by atoms with E-state index in [0.717, 1.165) is 21.9 Å². The molecule has 3 heterocycles. The summed E-state index contributed by atoms with van der Waals surface area (Å²) < 4.78 is 7.29. The molecule has 0 saturated carbocycles. The molecule has 0 unspecified atom stereocenters. The number of fused-ring (bicyclic) bond motifs is 2. The van der Waals surface area contributed by atoms with E-state index in [0.29, 0.717) is 42.2 Å². The van der Waals surface area contributed by atoms with Crippen molar-refractivity contribution in [2.45, 2.75) is 13.5 Å². The van der Waals surface area contributed by atoms with E-state index in [-0.39, 0.29) is 16.9 Å². The monoisotopic (exact) mass is 465 g/mol. The second-order valence-corrected chi connectivity index (χ2v) is 9.31. The SMILES string of the molecule is CC1(Cn2nc(C(=O)Nc3ccc(-c4n[nH]c(=O)c5ccccc45)cc3)c3ccccc32)COC1. The average molecular weight is 466 g/mol. The van der Waals surface area contributed by atoms with Crippen LogP contribution in [0.3, 0.4) is 0 Å². The Kier molecular flexibility index (Phi) is 4.96. The van der Waals surface area contributed by atoms with Crippen molar-refractivity contribution in [2.24, 2.45) is 5.41 Å². The first-order valence-electron chi connectivity index (χ1n) is 11.4. The number of aromatic nitrogens is 4. The maximum atomic E-state index is 13.2. The Morgan fingerprint density at radius 2 is 1.69 bits per heavy atom. The van der Waals surface area contributed by atoms with Gasteiger partial charge in [0.1, 0.15) is 0 Å². The topological polar surface area (TPSA) is 102 Å². The van der Waals surface area contributed by atoms with Crippen LogP contribution in [0.25, 0.3) is 32.9 Å². The number of hydrogen-bond acceptors (Lipinski definition) is 5. The molecule has 1 aliphatic rings. The van der Waals surface area contributed by atoms with Crippen LogP contribution in [0.2, 0.25) is 0 Å². The minimum Gasteiger partial charge on any atom is -0.380 e. The number of amides is 1. The zero-order chi connectivity index (χ0) is 24.0. The molecule has 174 valence electrons. The number of ether oxygens (including phenoxy) is 1. The number of benzene rings is 3. The molecule has 0 bridgehead atoms. The highest BCUT2D eigenvalue weighted by Gasteiger charge is 2.35. The van der Waals surface area contributed by atoms with E-state index in [1.165, 1.54) is 0 Å². The fraction of sp³-hybridized carbons (Fsp3) is 0.185. The predicted molar refractivity (Wildman–Crippen MR) is 134 cm³/mol. The number of aromatic amines is 1. The normalized spacial score (nSPS) is 14.7. The van der Waals surface area contributed by atoms with Crippen LogP contribution >= 0.6 is 0 Å². The van der Waals surface area contributed by atoms with Crippen molar-refractivity contribution in [3.05, 3.63) is 88.8 Å². The van der Waals surface area contributed by atoms with E-state index in [1.54, 1.807) is 6.07 Å². The van der Waals surface area contributed by atoms with E-state index < -0.39 is 0 Å². The zero-order valence-corrected chi connectivity index (χ0v) is 19.1. The number of hydrogen-bond donors (Lipinski definition) is 2. The lowest BCUT2D eigenvalue weighted by Gasteiger charge is -2.37. The Hall–Kier alpha value is -4.30. The number of anilines is 1. The van der Waals surface area contributed by atoms with Crippen molar-refractivity contribution < 1.29 is 9.53 Å². The summed E-state index contributed by atoms with van der Waals surface area (Å²) in [6.45, 7) is 4.23. The van der Waals surface area contributed by atoms with Crippen molar-refractivity contribution >= 4 is 33.3 Å². The van der Waals surface area contributed by atoms with Crippen LogP contribution in [-0.4, -0.2) is 39.1 Å². The first-order valence-corrected chi connectivity index (χ1v) is 11.4. The van der Waals surface area contributed by atoms with Crippen LogP contribution in [0.1, 0.15) is 17.4 Å². The number of para-hydroxylation sites is 1. The van der Waals surface area contributed by atoms with E-state index in [2.05, 4.69) is 27.5 Å². The average Bonchev–Trinajstić information content (AvgIpc) is 3.22. The van der Waals surface area contributed by atoms with Gasteiger partial charge < -0.3 is 10.1 Å². The van der Waals surface area contributed by atoms with Gasteiger partial charge in [0.05, 0.1) is 36.4 Å². The predicted octanol–water partition coefficient (Wildman–Crippen LogP) is 4.23. The molecular formula is C27H23N5O3. The molecule has 3 aromatic carbocycles. The number of rotatable bonds is 5. The third-order valence-corrected chi connectivity index (χ3v) is 6.42. The van der Waals surface area contributed by atoms with Crippen LogP contribution in [-0.2, 0) is 11.3 Å². The first-order chi connectivity index (χ1) is 17.0. The summed E-state index contributed by atoms with van der Waals surface area (Å²) in [6.07, 6.45) is 0. The third kappa shape index (κ3) is 3.77. The summed E-state index contributed by atoms with van der Waals surface area (Å²) in [4.78, 5) is 25.3. The molecule has 2 N–H and O–H groups in total. The third-order valence-electron chi connectivity index (χ3n) is 6.42. The van der Waals surface area contributed by atoms with Gasteiger partial charge in [-0.05, 0) is 24.3 Å². The second-order valence-electron chi connectivity index (χ2n) is 9.31. The Morgan fingerprint density at radius 1 is 1.00 bits per heavy atom. The minimum atomic E-state index is -0.268. The maximum Gasteiger partial charge on any atom is 0.276 e. The molecular weight excluding hydrogens is 442 g/mol. The van der Waals surface area contributed by atoms with Crippen molar-refractivity contribution in [1.82, 2.24) is 20.0 Å². The van der Waals surface area contributed by atoms with Gasteiger partial charge in [-0.25, -0.2) is 5.10 Å². The summed E-state index contributed by atoms with van der Waals surface area (Å²) in [5, 5.41) is 16.6. The van der Waals surface area contributed by atoms with Gasteiger partial charge in [0.15, 0.2) is 5.69 Å². The number of carbonyl (C=O) groups excluding carboxylic acids is 1. The lowest BCUT2D eigenvalue weighted by atomic mass is 9.89. The molecule has 5 aromatic rings. The Morgan fingerprint density at radius 3 is 2.40 bits per heavy atom. The van der Waals surface area contributed by atoms with Crippen molar-refractivity contribution in [2.75, 3.05) is 18.5 Å². The standard InChI is InChI=1S/C27H23N5O3/c1-27(15-35-16-27)14-32-22-9-5-4-8-21(22)24(31-32)26(34)28-18-12-10-17(11-13-18)23-19-6-2-3-7-20(19)25(33)30-29-23/h2-13H,14-16H2,1H3,(H,28,34)(H,30,33). The zero-order valence-electron chi connectivity index (χ0n) is 19.1. The highest BCUT2D eigenvalue weighted by molar-refractivity contribution is 6.11. The van der Waals surface area contributed by atoms with E-state index in [1.807, 2.05) is 71.4 Å². The molecule has 6 rings (SSSR count). The highest BCUT2D eigenvalue weighted by Crippen LogP contribution is 2.31. The molecule has 0 atom stereocenters. The van der Waals surface area contributed by atoms with Crippen LogP contribution in [0.15, 0.2) is 77.6 Å². The molecule has 1 amide bonds. The molecule has 1 aliphatic heterocycles. The van der Waals surface area contributed by atoms with Crippen LogP contribution in [0.5, 0.6) is 0 Å². The molecule has 0 aliphatic carbocycles.